The highest BCUT2D eigenvalue weighted by molar-refractivity contribution is 5.78. The van der Waals surface area contributed by atoms with E-state index in [9.17, 15) is 4.79 Å². The third kappa shape index (κ3) is 2.07. The van der Waals surface area contributed by atoms with Gasteiger partial charge in [0, 0.05) is 11.7 Å². The molecule has 1 aliphatic rings. The summed E-state index contributed by atoms with van der Waals surface area (Å²) in [5, 5.41) is 3.54. The third-order valence-electron chi connectivity index (χ3n) is 3.58. The third-order valence-corrected chi connectivity index (χ3v) is 3.58. The van der Waals surface area contributed by atoms with Crippen molar-refractivity contribution in [1.29, 1.82) is 0 Å². The molecule has 2 unspecified atom stereocenters. The van der Waals surface area contributed by atoms with Crippen molar-refractivity contribution in [3.63, 3.8) is 0 Å². The van der Waals surface area contributed by atoms with Gasteiger partial charge in [0.1, 0.15) is 0 Å². The van der Waals surface area contributed by atoms with Gasteiger partial charge in [0.25, 0.3) is 0 Å². The molecule has 1 saturated carbocycles. The van der Waals surface area contributed by atoms with Gasteiger partial charge in [0.2, 0.25) is 0 Å². The lowest BCUT2D eigenvalue weighted by atomic mass is 10.1. The molecule has 0 spiro atoms. The summed E-state index contributed by atoms with van der Waals surface area (Å²) in [4.78, 5) is 16.7. The van der Waals surface area contributed by atoms with Crippen molar-refractivity contribution in [2.24, 2.45) is 5.92 Å². The molecular formula is C13H17N3O. The Hall–Kier alpha value is -1.71. The zero-order chi connectivity index (χ0) is 11.8. The van der Waals surface area contributed by atoms with E-state index in [0.29, 0.717) is 6.04 Å². The van der Waals surface area contributed by atoms with Crippen molar-refractivity contribution in [1.82, 2.24) is 9.97 Å². The van der Waals surface area contributed by atoms with Gasteiger partial charge in [-0.25, -0.2) is 4.79 Å². The first kappa shape index (κ1) is 10.4. The van der Waals surface area contributed by atoms with E-state index >= 15 is 0 Å². The summed E-state index contributed by atoms with van der Waals surface area (Å²) < 4.78 is 0. The van der Waals surface area contributed by atoms with Gasteiger partial charge < -0.3 is 15.3 Å². The zero-order valence-electron chi connectivity index (χ0n) is 9.92. The summed E-state index contributed by atoms with van der Waals surface area (Å²) in [7, 11) is 0. The maximum atomic E-state index is 11.2. The average Bonchev–Trinajstić information content (AvgIpc) is 2.83. The van der Waals surface area contributed by atoms with Crippen LogP contribution in [0.5, 0.6) is 0 Å². The minimum atomic E-state index is -0.147. The number of hydrogen-bond donors (Lipinski definition) is 3. The average molecular weight is 231 g/mol. The smallest absolute Gasteiger partial charge is 0.323 e. The van der Waals surface area contributed by atoms with Crippen LogP contribution in [0.25, 0.3) is 11.0 Å². The molecule has 4 heteroatoms. The second-order valence-electron chi connectivity index (χ2n) is 5.10. The Morgan fingerprint density at radius 2 is 2.06 bits per heavy atom. The van der Waals surface area contributed by atoms with E-state index in [2.05, 4.69) is 22.2 Å². The number of imidazole rings is 1. The molecule has 17 heavy (non-hydrogen) atoms. The number of hydrogen-bond acceptors (Lipinski definition) is 2. The molecule has 0 bridgehead atoms. The lowest BCUT2D eigenvalue weighted by Crippen LogP contribution is -2.14. The number of aromatic amines is 2. The van der Waals surface area contributed by atoms with Crippen LogP contribution in [0.15, 0.2) is 23.0 Å². The van der Waals surface area contributed by atoms with E-state index in [0.717, 1.165) is 22.6 Å². The van der Waals surface area contributed by atoms with Crippen molar-refractivity contribution in [3.05, 3.63) is 28.7 Å². The number of fused-ring (bicyclic) bond motifs is 1. The first-order valence-electron chi connectivity index (χ1n) is 6.19. The summed E-state index contributed by atoms with van der Waals surface area (Å²) in [5.74, 6) is 0.822. The van der Waals surface area contributed by atoms with Crippen molar-refractivity contribution < 1.29 is 0 Å². The number of anilines is 1. The first-order chi connectivity index (χ1) is 8.20. The molecule has 1 fully saturated rings. The lowest BCUT2D eigenvalue weighted by Gasteiger charge is -2.13. The van der Waals surface area contributed by atoms with Gasteiger partial charge >= 0.3 is 5.69 Å². The van der Waals surface area contributed by atoms with Gasteiger partial charge in [-0.15, -0.1) is 0 Å². The molecule has 2 aromatic rings. The topological polar surface area (TPSA) is 60.7 Å². The molecule has 2 atom stereocenters. The molecule has 0 amide bonds. The highest BCUT2D eigenvalue weighted by Crippen LogP contribution is 2.27. The quantitative estimate of drug-likeness (QED) is 0.743. The summed E-state index contributed by atoms with van der Waals surface area (Å²) in [6, 6.07) is 6.53. The molecule has 1 heterocycles. The molecule has 1 aromatic carbocycles. The van der Waals surface area contributed by atoms with Gasteiger partial charge in [-0.2, -0.15) is 0 Å². The predicted octanol–water partition coefficient (Wildman–Crippen LogP) is 2.46. The number of rotatable bonds is 2. The van der Waals surface area contributed by atoms with Gasteiger partial charge in [0.15, 0.2) is 0 Å². The van der Waals surface area contributed by atoms with Crippen LogP contribution in [0.2, 0.25) is 0 Å². The largest absolute Gasteiger partial charge is 0.382 e. The second-order valence-corrected chi connectivity index (χ2v) is 5.10. The van der Waals surface area contributed by atoms with Crippen LogP contribution in [-0.4, -0.2) is 16.0 Å². The van der Waals surface area contributed by atoms with E-state index in [1.165, 1.54) is 19.3 Å². The van der Waals surface area contributed by atoms with Crippen molar-refractivity contribution in [2.75, 3.05) is 5.32 Å². The fourth-order valence-corrected chi connectivity index (χ4v) is 2.70. The van der Waals surface area contributed by atoms with E-state index in [1.54, 1.807) is 0 Å². The van der Waals surface area contributed by atoms with Crippen LogP contribution in [0.3, 0.4) is 0 Å². The molecular weight excluding hydrogens is 214 g/mol. The summed E-state index contributed by atoms with van der Waals surface area (Å²) in [6.45, 7) is 2.30. The van der Waals surface area contributed by atoms with Crippen molar-refractivity contribution in [3.8, 4) is 0 Å². The number of aromatic nitrogens is 2. The molecule has 90 valence electrons. The van der Waals surface area contributed by atoms with Crippen LogP contribution in [-0.2, 0) is 0 Å². The normalized spacial score (nSPS) is 24.3. The van der Waals surface area contributed by atoms with E-state index in [4.69, 9.17) is 0 Å². The van der Waals surface area contributed by atoms with Crippen LogP contribution < -0.4 is 11.0 Å². The molecule has 4 nitrogen and oxygen atoms in total. The monoisotopic (exact) mass is 231 g/mol. The Bertz CT molecular complexity index is 584. The number of nitrogens with one attached hydrogen (secondary N) is 3. The van der Waals surface area contributed by atoms with E-state index in [1.807, 2.05) is 18.2 Å². The Morgan fingerprint density at radius 1 is 1.24 bits per heavy atom. The fraction of sp³-hybridized carbons (Fsp3) is 0.462. The summed E-state index contributed by atoms with van der Waals surface area (Å²) >= 11 is 0. The second kappa shape index (κ2) is 3.95. The van der Waals surface area contributed by atoms with Crippen molar-refractivity contribution >= 4 is 16.7 Å². The first-order valence-corrected chi connectivity index (χ1v) is 6.19. The SMILES string of the molecule is CC1CCC(Nc2ccc3[nH]c(=O)[nH]c3c2)C1. The Kier molecular flexibility index (Phi) is 2.42. The Balaban J connectivity index is 1.83. The maximum absolute atomic E-state index is 11.2. The molecule has 0 saturated heterocycles. The van der Waals surface area contributed by atoms with Gasteiger partial charge in [-0.1, -0.05) is 6.92 Å². The van der Waals surface area contributed by atoms with Gasteiger partial charge in [-0.3, -0.25) is 0 Å². The molecule has 3 N–H and O–H groups in total. The Morgan fingerprint density at radius 3 is 2.82 bits per heavy atom. The molecule has 0 radical (unpaired) electrons. The predicted molar refractivity (Wildman–Crippen MR) is 69.3 cm³/mol. The Labute approximate surface area is 99.4 Å². The number of H-pyrrole nitrogens is 2. The summed E-state index contributed by atoms with van der Waals surface area (Å²) in [5.41, 5.74) is 2.67. The lowest BCUT2D eigenvalue weighted by molar-refractivity contribution is 0.602. The molecule has 3 rings (SSSR count). The zero-order valence-corrected chi connectivity index (χ0v) is 9.92. The van der Waals surface area contributed by atoms with Gasteiger partial charge in [-0.05, 0) is 43.4 Å². The fourth-order valence-electron chi connectivity index (χ4n) is 2.70. The standard InChI is InChI=1S/C13H17N3O/c1-8-2-3-9(6-8)14-10-4-5-11-12(7-10)16-13(17)15-11/h4-5,7-9,14H,2-3,6H2,1H3,(H2,15,16,17). The molecule has 1 aromatic heterocycles. The summed E-state index contributed by atoms with van der Waals surface area (Å²) in [6.07, 6.45) is 3.78. The highest BCUT2D eigenvalue weighted by Gasteiger charge is 2.20. The molecule has 1 aliphatic carbocycles. The van der Waals surface area contributed by atoms with E-state index < -0.39 is 0 Å². The van der Waals surface area contributed by atoms with Gasteiger partial charge in [0.05, 0.1) is 11.0 Å². The molecule has 0 aliphatic heterocycles. The van der Waals surface area contributed by atoms with Crippen LogP contribution >= 0.6 is 0 Å². The van der Waals surface area contributed by atoms with Crippen molar-refractivity contribution in [2.45, 2.75) is 32.2 Å². The van der Waals surface area contributed by atoms with Crippen LogP contribution in [0.1, 0.15) is 26.2 Å². The number of benzene rings is 1. The van der Waals surface area contributed by atoms with E-state index in [-0.39, 0.29) is 5.69 Å². The minimum Gasteiger partial charge on any atom is -0.382 e. The van der Waals surface area contributed by atoms with Crippen LogP contribution in [0, 0.1) is 5.92 Å². The highest BCUT2D eigenvalue weighted by atomic mass is 16.1. The minimum absolute atomic E-state index is 0.147. The van der Waals surface area contributed by atoms with Crippen LogP contribution in [0.4, 0.5) is 5.69 Å². The maximum Gasteiger partial charge on any atom is 0.323 e.